The third-order valence-corrected chi connectivity index (χ3v) is 5.61. The summed E-state index contributed by atoms with van der Waals surface area (Å²) in [6, 6.07) is 2.80. The second kappa shape index (κ2) is 8.76. The molecule has 0 bridgehead atoms. The lowest BCUT2D eigenvalue weighted by Crippen LogP contribution is -2.37. The average Bonchev–Trinajstić information content (AvgIpc) is 2.79. The molecule has 10 heteroatoms. The van der Waals surface area contributed by atoms with Crippen molar-refractivity contribution in [3.63, 3.8) is 0 Å². The van der Waals surface area contributed by atoms with E-state index in [0.29, 0.717) is 29.8 Å². The molecule has 1 saturated heterocycles. The van der Waals surface area contributed by atoms with Crippen molar-refractivity contribution in [2.24, 2.45) is 0 Å². The molecule has 31 heavy (non-hydrogen) atoms. The fraction of sp³-hybridized carbons (Fsp3) is 0.381. The molecule has 0 spiro atoms. The lowest BCUT2D eigenvalue weighted by Gasteiger charge is -2.32. The molecule has 3 heterocycles. The predicted octanol–water partition coefficient (Wildman–Crippen LogP) is 4.26. The van der Waals surface area contributed by atoms with Gasteiger partial charge in [-0.1, -0.05) is 11.6 Å². The number of rotatable bonds is 5. The molecule has 7 nitrogen and oxygen atoms in total. The van der Waals surface area contributed by atoms with Gasteiger partial charge in [0.2, 0.25) is 0 Å². The molecule has 164 valence electrons. The van der Waals surface area contributed by atoms with Gasteiger partial charge >= 0.3 is 0 Å². The van der Waals surface area contributed by atoms with Crippen molar-refractivity contribution in [2.45, 2.75) is 18.9 Å². The standard InChI is InChI=1S/C21H21ClF2N4O3/c1-29-11-4-6-28(7-5-11)21-12-8-16(22)25-10-13(12)26-20(27-21)17-18(23)14(30-2)9-15(31-3)19(17)24/h8-11H,4-7H2,1-3H3. The van der Waals surface area contributed by atoms with Crippen molar-refractivity contribution >= 4 is 28.3 Å². The predicted molar refractivity (Wildman–Crippen MR) is 113 cm³/mol. The molecule has 1 aliphatic rings. The Morgan fingerprint density at radius 1 is 1.00 bits per heavy atom. The summed E-state index contributed by atoms with van der Waals surface area (Å²) in [5.41, 5.74) is -0.0140. The van der Waals surface area contributed by atoms with Gasteiger partial charge in [-0.3, -0.25) is 0 Å². The monoisotopic (exact) mass is 450 g/mol. The molecule has 0 saturated carbocycles. The second-order valence-electron chi connectivity index (χ2n) is 7.10. The van der Waals surface area contributed by atoms with Crippen LogP contribution in [-0.2, 0) is 4.74 Å². The van der Waals surface area contributed by atoms with E-state index in [0.717, 1.165) is 18.9 Å². The summed E-state index contributed by atoms with van der Waals surface area (Å²) < 4.78 is 45.7. The molecule has 0 radical (unpaired) electrons. The Balaban J connectivity index is 1.92. The zero-order chi connectivity index (χ0) is 22.1. The van der Waals surface area contributed by atoms with Crippen LogP contribution in [0.4, 0.5) is 14.6 Å². The van der Waals surface area contributed by atoms with E-state index in [4.69, 9.17) is 25.8 Å². The molecule has 2 aromatic heterocycles. The third kappa shape index (κ3) is 3.95. The Kier molecular flexibility index (Phi) is 6.06. The van der Waals surface area contributed by atoms with Crippen LogP contribution in [0.2, 0.25) is 5.15 Å². The lowest BCUT2D eigenvalue weighted by atomic mass is 10.1. The molecule has 0 atom stereocenters. The summed E-state index contributed by atoms with van der Waals surface area (Å²) in [4.78, 5) is 15.0. The number of fused-ring (bicyclic) bond motifs is 1. The Hall–Kier alpha value is -2.78. The van der Waals surface area contributed by atoms with E-state index in [1.165, 1.54) is 20.4 Å². The number of aromatic nitrogens is 3. The van der Waals surface area contributed by atoms with Gasteiger partial charge in [0.05, 0.1) is 37.6 Å². The van der Waals surface area contributed by atoms with Crippen LogP contribution in [-0.4, -0.2) is 55.5 Å². The van der Waals surface area contributed by atoms with Crippen LogP contribution in [0.3, 0.4) is 0 Å². The van der Waals surface area contributed by atoms with Gasteiger partial charge in [0.15, 0.2) is 29.0 Å². The third-order valence-electron chi connectivity index (χ3n) is 5.40. The van der Waals surface area contributed by atoms with Crippen molar-refractivity contribution in [2.75, 3.05) is 39.3 Å². The fourth-order valence-electron chi connectivity index (χ4n) is 3.73. The Labute approximate surface area is 182 Å². The normalized spacial score (nSPS) is 14.8. The average molecular weight is 451 g/mol. The van der Waals surface area contributed by atoms with E-state index in [-0.39, 0.29) is 28.6 Å². The van der Waals surface area contributed by atoms with Crippen LogP contribution in [0.5, 0.6) is 11.5 Å². The number of nitrogens with zero attached hydrogens (tertiary/aromatic N) is 4. The van der Waals surface area contributed by atoms with Gasteiger partial charge in [-0.2, -0.15) is 0 Å². The summed E-state index contributed by atoms with van der Waals surface area (Å²) in [5, 5.41) is 0.924. The molecule has 0 amide bonds. The second-order valence-corrected chi connectivity index (χ2v) is 7.49. The maximum absolute atomic E-state index is 15.1. The minimum atomic E-state index is -0.911. The van der Waals surface area contributed by atoms with Crippen molar-refractivity contribution in [3.05, 3.63) is 35.1 Å². The zero-order valence-corrected chi connectivity index (χ0v) is 18.0. The molecule has 0 N–H and O–H groups in total. The number of pyridine rings is 1. The Morgan fingerprint density at radius 3 is 2.23 bits per heavy atom. The maximum Gasteiger partial charge on any atom is 0.179 e. The van der Waals surface area contributed by atoms with Crippen molar-refractivity contribution in [1.82, 2.24) is 15.0 Å². The number of piperidine rings is 1. The molecule has 3 aromatic rings. The van der Waals surface area contributed by atoms with Crippen LogP contribution in [0.15, 0.2) is 18.3 Å². The topological polar surface area (TPSA) is 69.6 Å². The van der Waals surface area contributed by atoms with Crippen LogP contribution < -0.4 is 14.4 Å². The minimum Gasteiger partial charge on any atom is -0.494 e. The van der Waals surface area contributed by atoms with Gasteiger partial charge in [-0.05, 0) is 18.9 Å². The highest BCUT2D eigenvalue weighted by molar-refractivity contribution is 6.30. The molecule has 0 unspecified atom stereocenters. The highest BCUT2D eigenvalue weighted by Gasteiger charge is 2.27. The lowest BCUT2D eigenvalue weighted by molar-refractivity contribution is 0.0818. The first-order valence-corrected chi connectivity index (χ1v) is 10.1. The largest absolute Gasteiger partial charge is 0.494 e. The van der Waals surface area contributed by atoms with Gasteiger partial charge < -0.3 is 19.1 Å². The smallest absolute Gasteiger partial charge is 0.179 e. The first kappa shape index (κ1) is 21.5. The molecule has 4 rings (SSSR count). The molecule has 1 aliphatic heterocycles. The van der Waals surface area contributed by atoms with Gasteiger partial charge in [0, 0.05) is 31.7 Å². The molecular weight excluding hydrogens is 430 g/mol. The summed E-state index contributed by atoms with van der Waals surface area (Å²) >= 11 is 6.10. The summed E-state index contributed by atoms with van der Waals surface area (Å²) in [6.45, 7) is 1.33. The molecule has 1 fully saturated rings. The zero-order valence-electron chi connectivity index (χ0n) is 17.3. The number of halogens is 3. The first-order chi connectivity index (χ1) is 15.0. The van der Waals surface area contributed by atoms with Gasteiger partial charge in [0.25, 0.3) is 0 Å². The minimum absolute atomic E-state index is 0.132. The fourth-order valence-corrected chi connectivity index (χ4v) is 3.89. The number of ether oxygens (including phenoxy) is 3. The summed E-state index contributed by atoms with van der Waals surface area (Å²) in [6.07, 6.45) is 3.21. The van der Waals surface area contributed by atoms with E-state index in [1.807, 2.05) is 4.90 Å². The van der Waals surface area contributed by atoms with E-state index in [2.05, 4.69) is 15.0 Å². The molecular formula is C21H21ClF2N4O3. The van der Waals surface area contributed by atoms with Gasteiger partial charge in [-0.15, -0.1) is 0 Å². The Bertz CT molecular complexity index is 1100. The number of hydrogen-bond acceptors (Lipinski definition) is 7. The van der Waals surface area contributed by atoms with Gasteiger partial charge in [0.1, 0.15) is 11.0 Å². The van der Waals surface area contributed by atoms with Crippen LogP contribution in [0.1, 0.15) is 12.8 Å². The van der Waals surface area contributed by atoms with E-state index in [1.54, 1.807) is 13.2 Å². The number of anilines is 1. The Morgan fingerprint density at radius 2 is 1.65 bits per heavy atom. The van der Waals surface area contributed by atoms with Crippen LogP contribution in [0, 0.1) is 11.6 Å². The van der Waals surface area contributed by atoms with Crippen molar-refractivity contribution < 1.29 is 23.0 Å². The van der Waals surface area contributed by atoms with E-state index < -0.39 is 17.2 Å². The van der Waals surface area contributed by atoms with Crippen LogP contribution in [0.25, 0.3) is 22.3 Å². The van der Waals surface area contributed by atoms with Crippen LogP contribution >= 0.6 is 11.6 Å². The highest BCUT2D eigenvalue weighted by Crippen LogP contribution is 2.38. The number of methoxy groups -OCH3 is 3. The van der Waals surface area contributed by atoms with E-state index >= 15 is 8.78 Å². The summed E-state index contributed by atoms with van der Waals surface area (Å²) in [5.74, 6) is -1.77. The highest BCUT2D eigenvalue weighted by atomic mass is 35.5. The summed E-state index contributed by atoms with van der Waals surface area (Å²) in [7, 11) is 4.27. The SMILES string of the molecule is COc1cc(OC)c(F)c(-c2nc(N3CCC(OC)CC3)c3cc(Cl)ncc3n2)c1F. The maximum atomic E-state index is 15.1. The van der Waals surface area contributed by atoms with Gasteiger partial charge in [-0.25, -0.2) is 23.7 Å². The number of hydrogen-bond donors (Lipinski definition) is 0. The first-order valence-electron chi connectivity index (χ1n) is 9.68. The molecule has 1 aromatic carbocycles. The van der Waals surface area contributed by atoms with Crippen molar-refractivity contribution in [1.29, 1.82) is 0 Å². The molecule has 0 aliphatic carbocycles. The number of benzene rings is 1. The van der Waals surface area contributed by atoms with Crippen molar-refractivity contribution in [3.8, 4) is 22.9 Å². The quantitative estimate of drug-likeness (QED) is 0.538. The van der Waals surface area contributed by atoms with E-state index in [9.17, 15) is 0 Å².